The zero-order valence-electron chi connectivity index (χ0n) is 7.98. The maximum atomic E-state index is 5.00. The number of benzene rings is 1. The highest BCUT2D eigenvalue weighted by atomic mass is 32.1. The van der Waals surface area contributed by atoms with Gasteiger partial charge in [0, 0.05) is 0 Å². The van der Waals surface area contributed by atoms with Gasteiger partial charge in [0.2, 0.25) is 4.77 Å². The third-order valence-electron chi connectivity index (χ3n) is 2.22. The molecule has 0 spiro atoms. The molecule has 1 aromatic heterocycles. The van der Waals surface area contributed by atoms with Crippen molar-refractivity contribution in [2.24, 2.45) is 0 Å². The lowest BCUT2D eigenvalue weighted by atomic mass is 10.1. The maximum Gasteiger partial charge on any atom is 0.242 e. The molecular weight excluding hydrogens is 196 g/mol. The number of H-pyrrole nitrogens is 1. The minimum absolute atomic E-state index is 0.438. The summed E-state index contributed by atoms with van der Waals surface area (Å²) < 4.78 is 2.11. The van der Waals surface area contributed by atoms with Crippen LogP contribution in [0, 0.1) is 18.6 Å². The Bertz CT molecular complexity index is 512. The Morgan fingerprint density at radius 2 is 2.07 bits per heavy atom. The number of aryl methyl sites for hydroxylation is 2. The van der Waals surface area contributed by atoms with E-state index < -0.39 is 0 Å². The Morgan fingerprint density at radius 3 is 2.64 bits per heavy atom. The van der Waals surface area contributed by atoms with Crippen LogP contribution in [0.3, 0.4) is 0 Å². The summed E-state index contributed by atoms with van der Waals surface area (Å²) in [5.41, 5.74) is 3.44. The molecule has 0 atom stereocenters. The minimum Gasteiger partial charge on any atom is -0.210 e. The van der Waals surface area contributed by atoms with Crippen molar-refractivity contribution in [2.45, 2.75) is 13.8 Å². The fourth-order valence-electron chi connectivity index (χ4n) is 1.23. The van der Waals surface area contributed by atoms with Crippen molar-refractivity contribution in [2.75, 3.05) is 0 Å². The van der Waals surface area contributed by atoms with Crippen molar-refractivity contribution in [3.63, 3.8) is 0 Å². The summed E-state index contributed by atoms with van der Waals surface area (Å²) >= 11 is 5.00. The van der Waals surface area contributed by atoms with E-state index in [0.29, 0.717) is 4.77 Å². The molecule has 5 heteroatoms. The molecule has 2 aromatic rings. The van der Waals surface area contributed by atoms with E-state index in [1.54, 1.807) is 4.68 Å². The molecule has 0 saturated carbocycles. The Kier molecular flexibility index (Phi) is 2.17. The number of rotatable bonds is 1. The molecule has 72 valence electrons. The number of tetrazole rings is 1. The van der Waals surface area contributed by atoms with Crippen molar-refractivity contribution < 1.29 is 0 Å². The molecule has 0 amide bonds. The van der Waals surface area contributed by atoms with Gasteiger partial charge in [-0.3, -0.25) is 0 Å². The molecule has 2 rings (SSSR count). The summed E-state index contributed by atoms with van der Waals surface area (Å²) in [7, 11) is 0. The highest BCUT2D eigenvalue weighted by Crippen LogP contribution is 2.12. The Hall–Kier alpha value is -1.49. The van der Waals surface area contributed by atoms with Gasteiger partial charge in [0.25, 0.3) is 0 Å². The predicted octanol–water partition coefficient (Wildman–Crippen LogP) is 1.94. The third kappa shape index (κ3) is 1.46. The van der Waals surface area contributed by atoms with Gasteiger partial charge in [0.15, 0.2) is 0 Å². The number of aromatic amines is 1. The van der Waals surface area contributed by atoms with Crippen molar-refractivity contribution in [3.05, 3.63) is 34.1 Å². The summed E-state index contributed by atoms with van der Waals surface area (Å²) in [5, 5.41) is 10.1. The average Bonchev–Trinajstić information content (AvgIpc) is 2.57. The lowest BCUT2D eigenvalue weighted by Crippen LogP contribution is -1.97. The molecular formula is C9H10N4S. The van der Waals surface area contributed by atoms with Crippen molar-refractivity contribution >= 4 is 12.2 Å². The normalized spacial score (nSPS) is 10.4. The topological polar surface area (TPSA) is 46.5 Å². The highest BCUT2D eigenvalue weighted by Gasteiger charge is 2.00. The maximum absolute atomic E-state index is 5.00. The molecule has 0 unspecified atom stereocenters. The van der Waals surface area contributed by atoms with E-state index in [-0.39, 0.29) is 0 Å². The predicted molar refractivity (Wildman–Crippen MR) is 56.0 cm³/mol. The van der Waals surface area contributed by atoms with E-state index in [1.807, 2.05) is 18.2 Å². The molecule has 14 heavy (non-hydrogen) atoms. The van der Waals surface area contributed by atoms with E-state index in [9.17, 15) is 0 Å². The van der Waals surface area contributed by atoms with E-state index in [1.165, 1.54) is 11.1 Å². The van der Waals surface area contributed by atoms with E-state index >= 15 is 0 Å². The first-order valence-electron chi connectivity index (χ1n) is 4.26. The Labute approximate surface area is 86.6 Å². The first-order valence-corrected chi connectivity index (χ1v) is 4.67. The molecule has 1 heterocycles. The van der Waals surface area contributed by atoms with Crippen molar-refractivity contribution in [1.29, 1.82) is 0 Å². The van der Waals surface area contributed by atoms with Gasteiger partial charge in [-0.05, 0) is 49.3 Å². The summed E-state index contributed by atoms with van der Waals surface area (Å²) in [6, 6.07) is 6.08. The average molecular weight is 206 g/mol. The molecule has 0 saturated heterocycles. The molecule has 0 aliphatic carbocycles. The van der Waals surface area contributed by atoms with Gasteiger partial charge in [-0.2, -0.15) is 5.21 Å². The van der Waals surface area contributed by atoms with Gasteiger partial charge in [-0.1, -0.05) is 16.4 Å². The molecule has 0 radical (unpaired) electrons. The van der Waals surface area contributed by atoms with Crippen LogP contribution in [-0.2, 0) is 0 Å². The number of hydrogen-bond donors (Lipinski definition) is 1. The van der Waals surface area contributed by atoms with Gasteiger partial charge >= 0.3 is 0 Å². The molecule has 0 fully saturated rings. The van der Waals surface area contributed by atoms with Crippen LogP contribution in [-0.4, -0.2) is 20.2 Å². The van der Waals surface area contributed by atoms with Crippen LogP contribution >= 0.6 is 12.2 Å². The van der Waals surface area contributed by atoms with E-state index in [4.69, 9.17) is 12.2 Å². The van der Waals surface area contributed by atoms with E-state index in [0.717, 1.165) is 5.69 Å². The number of hydrogen-bond acceptors (Lipinski definition) is 3. The van der Waals surface area contributed by atoms with Crippen molar-refractivity contribution in [3.8, 4) is 5.69 Å². The molecule has 1 N–H and O–H groups in total. The van der Waals surface area contributed by atoms with Crippen LogP contribution in [0.4, 0.5) is 0 Å². The summed E-state index contributed by atoms with van der Waals surface area (Å²) in [6.45, 7) is 4.13. The Balaban J connectivity index is 2.59. The van der Waals surface area contributed by atoms with Crippen LogP contribution in [0.15, 0.2) is 18.2 Å². The van der Waals surface area contributed by atoms with Crippen LogP contribution < -0.4 is 0 Å². The highest BCUT2D eigenvalue weighted by molar-refractivity contribution is 7.71. The fraction of sp³-hybridized carbons (Fsp3) is 0.222. The Morgan fingerprint density at radius 1 is 1.29 bits per heavy atom. The third-order valence-corrected chi connectivity index (χ3v) is 2.48. The van der Waals surface area contributed by atoms with Crippen molar-refractivity contribution in [1.82, 2.24) is 20.2 Å². The minimum atomic E-state index is 0.438. The first-order chi connectivity index (χ1) is 6.68. The summed E-state index contributed by atoms with van der Waals surface area (Å²) in [5.74, 6) is 0. The van der Waals surface area contributed by atoms with Crippen LogP contribution in [0.1, 0.15) is 11.1 Å². The second kappa shape index (κ2) is 3.34. The van der Waals surface area contributed by atoms with Crippen LogP contribution in [0.25, 0.3) is 5.69 Å². The zero-order chi connectivity index (χ0) is 10.1. The second-order valence-corrected chi connectivity index (χ2v) is 3.55. The lowest BCUT2D eigenvalue weighted by molar-refractivity contribution is 0.785. The SMILES string of the molecule is Cc1ccc(-n2[nH]nnc2=S)cc1C. The zero-order valence-corrected chi connectivity index (χ0v) is 8.80. The number of nitrogens with zero attached hydrogens (tertiary/aromatic N) is 3. The first kappa shape index (κ1) is 9.08. The van der Waals surface area contributed by atoms with E-state index in [2.05, 4.69) is 29.4 Å². The van der Waals surface area contributed by atoms with Gasteiger partial charge in [0.1, 0.15) is 0 Å². The largest absolute Gasteiger partial charge is 0.242 e. The van der Waals surface area contributed by atoms with Gasteiger partial charge < -0.3 is 0 Å². The second-order valence-electron chi connectivity index (χ2n) is 3.19. The molecule has 0 aliphatic rings. The van der Waals surface area contributed by atoms with Gasteiger partial charge in [-0.25, -0.2) is 4.68 Å². The molecule has 0 bridgehead atoms. The molecule has 4 nitrogen and oxygen atoms in total. The molecule has 0 aliphatic heterocycles. The quantitative estimate of drug-likeness (QED) is 0.725. The number of nitrogens with one attached hydrogen (secondary N) is 1. The number of aromatic nitrogens is 4. The molecule has 1 aromatic carbocycles. The van der Waals surface area contributed by atoms with Gasteiger partial charge in [0.05, 0.1) is 5.69 Å². The summed E-state index contributed by atoms with van der Waals surface area (Å²) in [4.78, 5) is 0. The smallest absolute Gasteiger partial charge is 0.210 e. The monoisotopic (exact) mass is 206 g/mol. The van der Waals surface area contributed by atoms with Crippen LogP contribution in [0.5, 0.6) is 0 Å². The van der Waals surface area contributed by atoms with Gasteiger partial charge in [-0.15, -0.1) is 0 Å². The lowest BCUT2D eigenvalue weighted by Gasteiger charge is -2.04. The summed E-state index contributed by atoms with van der Waals surface area (Å²) in [6.07, 6.45) is 0. The fourth-order valence-corrected chi connectivity index (χ4v) is 1.42. The van der Waals surface area contributed by atoms with Crippen LogP contribution in [0.2, 0.25) is 0 Å². The standard InChI is InChI=1S/C9H10N4S/c1-6-3-4-8(5-7(6)2)13-9(14)10-11-12-13/h3-5H,1-2H3,(H,10,12,14).